The fourth-order valence-electron chi connectivity index (χ4n) is 13.2. The van der Waals surface area contributed by atoms with Crippen LogP contribution in [0.3, 0.4) is 0 Å². The van der Waals surface area contributed by atoms with Gasteiger partial charge in [0.15, 0.2) is 12.2 Å². The van der Waals surface area contributed by atoms with Gasteiger partial charge in [0.1, 0.15) is 19.3 Å². The zero-order valence-corrected chi connectivity index (χ0v) is 69.1. The topological polar surface area (TPSA) is 237 Å². The molecule has 0 aliphatic heterocycles. The van der Waals surface area contributed by atoms with Gasteiger partial charge in [0.05, 0.1) is 26.4 Å². The van der Waals surface area contributed by atoms with Crippen molar-refractivity contribution in [1.82, 2.24) is 0 Å². The summed E-state index contributed by atoms with van der Waals surface area (Å²) in [6.07, 6.45) is 72.0. The van der Waals surface area contributed by atoms with Crippen molar-refractivity contribution in [2.45, 2.75) is 476 Å². The van der Waals surface area contributed by atoms with Crippen molar-refractivity contribution >= 4 is 39.5 Å². The molecule has 0 radical (unpaired) electrons. The van der Waals surface area contributed by atoms with E-state index in [1.165, 1.54) is 289 Å². The number of phosphoric ester groups is 2. The summed E-state index contributed by atoms with van der Waals surface area (Å²) in [5.74, 6) is -2.10. The number of carbonyl (C=O) groups excluding carboxylic acids is 4. The Kier molecular flexibility index (Phi) is 76.7. The van der Waals surface area contributed by atoms with Crippen LogP contribution in [0.5, 0.6) is 0 Å². The fourth-order valence-corrected chi connectivity index (χ4v) is 14.7. The number of unbranched alkanes of at least 4 members (excludes halogenated alkanes) is 59. The third-order valence-corrected chi connectivity index (χ3v) is 21.8. The van der Waals surface area contributed by atoms with E-state index in [1.54, 1.807) is 0 Å². The maximum atomic E-state index is 13.1. The number of ether oxygens (including phenoxy) is 4. The summed E-state index contributed by atoms with van der Waals surface area (Å²) in [4.78, 5) is 73.2. The Bertz CT molecular complexity index is 1950. The van der Waals surface area contributed by atoms with Crippen molar-refractivity contribution in [3.63, 3.8) is 0 Å². The standard InChI is InChI=1S/C84H164O17P2/c1-5-9-13-17-21-25-29-33-36-39-42-45-49-53-57-61-65-69-82(87)95-75-80(101-84(89)71-67-63-59-55-51-47-44-41-38-35-31-27-23-19-15-11-7-3)77-99-103(92,93)97-73-78(85)72-96-102(90,91)98-76-79(74-94-81(86)68-64-60-56-52-48-32-28-24-20-16-12-8-4)100-83(88)70-66-62-58-54-50-46-43-40-37-34-30-26-22-18-14-10-6-2/h78-80,85H,5-77H2,1-4H3,(H,90,91)(H,92,93)/t78?,79-,80-/m1/s1. The van der Waals surface area contributed by atoms with Crippen molar-refractivity contribution in [2.75, 3.05) is 39.6 Å². The highest BCUT2D eigenvalue weighted by Gasteiger charge is 2.30. The molecule has 0 aliphatic carbocycles. The second-order valence-electron chi connectivity index (χ2n) is 30.2. The Morgan fingerprint density at radius 1 is 0.233 bits per heavy atom. The average molecular weight is 1510 g/mol. The predicted octanol–water partition coefficient (Wildman–Crippen LogP) is 25.7. The Morgan fingerprint density at radius 2 is 0.388 bits per heavy atom. The number of esters is 4. The molecular weight excluding hydrogens is 1340 g/mol. The van der Waals surface area contributed by atoms with Crippen molar-refractivity contribution in [2.24, 2.45) is 0 Å². The van der Waals surface area contributed by atoms with Crippen LogP contribution in [-0.4, -0.2) is 96.7 Å². The van der Waals surface area contributed by atoms with Gasteiger partial charge in [0.2, 0.25) is 0 Å². The summed E-state index contributed by atoms with van der Waals surface area (Å²) in [6, 6.07) is 0. The lowest BCUT2D eigenvalue weighted by atomic mass is 10.0. The third kappa shape index (κ3) is 78.0. The molecule has 0 spiro atoms. The van der Waals surface area contributed by atoms with Gasteiger partial charge in [-0.3, -0.25) is 37.3 Å². The lowest BCUT2D eigenvalue weighted by Gasteiger charge is -2.21. The minimum Gasteiger partial charge on any atom is -0.462 e. The third-order valence-electron chi connectivity index (χ3n) is 19.9. The molecule has 3 N–H and O–H groups in total. The van der Waals surface area contributed by atoms with E-state index in [-0.39, 0.29) is 25.7 Å². The smallest absolute Gasteiger partial charge is 0.462 e. The SMILES string of the molecule is CCCCCCCCCCCCCCCCCCCC(=O)OC[C@H](COP(=O)(O)OCC(O)COP(=O)(O)OC[C@@H](COC(=O)CCCCCCCCCCCCCC)OC(=O)CCCCCCCCCCCCCCCCCCC)OC(=O)CCCCCCCCCCCCCCCCCCC. The number of hydrogen-bond acceptors (Lipinski definition) is 15. The Hall–Kier alpha value is -1.94. The molecule has 612 valence electrons. The molecule has 0 fully saturated rings. The average Bonchev–Trinajstić information content (AvgIpc) is 0.913. The van der Waals surface area contributed by atoms with Crippen LogP contribution in [0.25, 0.3) is 0 Å². The second-order valence-corrected chi connectivity index (χ2v) is 33.1. The summed E-state index contributed by atoms with van der Waals surface area (Å²) in [7, 11) is -9.92. The van der Waals surface area contributed by atoms with Crippen LogP contribution in [0.2, 0.25) is 0 Å². The molecule has 0 aliphatic rings. The zero-order valence-electron chi connectivity index (χ0n) is 67.3. The van der Waals surface area contributed by atoms with Gasteiger partial charge in [-0.05, 0) is 25.7 Å². The highest BCUT2D eigenvalue weighted by atomic mass is 31.2. The van der Waals surface area contributed by atoms with Crippen LogP contribution in [0.4, 0.5) is 0 Å². The zero-order chi connectivity index (χ0) is 75.3. The van der Waals surface area contributed by atoms with Crippen LogP contribution in [0.15, 0.2) is 0 Å². The van der Waals surface area contributed by atoms with Crippen molar-refractivity contribution < 1.29 is 80.2 Å². The normalized spacial score (nSPS) is 13.7. The molecule has 0 aromatic heterocycles. The van der Waals surface area contributed by atoms with Crippen LogP contribution in [0.1, 0.15) is 458 Å². The molecule has 17 nitrogen and oxygen atoms in total. The van der Waals surface area contributed by atoms with Gasteiger partial charge in [-0.25, -0.2) is 9.13 Å². The van der Waals surface area contributed by atoms with Crippen LogP contribution < -0.4 is 0 Å². The van der Waals surface area contributed by atoms with E-state index in [2.05, 4.69) is 27.7 Å². The van der Waals surface area contributed by atoms with Gasteiger partial charge >= 0.3 is 39.5 Å². The first-order valence-electron chi connectivity index (χ1n) is 43.8. The Morgan fingerprint density at radius 3 is 0.573 bits per heavy atom. The summed E-state index contributed by atoms with van der Waals surface area (Å²) in [5, 5.41) is 10.7. The Balaban J connectivity index is 5.25. The second kappa shape index (κ2) is 78.2. The minimum absolute atomic E-state index is 0.109. The van der Waals surface area contributed by atoms with E-state index in [0.29, 0.717) is 25.7 Å². The molecule has 19 heteroatoms. The number of carbonyl (C=O) groups is 4. The minimum atomic E-state index is -4.96. The molecule has 0 amide bonds. The highest BCUT2D eigenvalue weighted by Crippen LogP contribution is 2.45. The monoisotopic (exact) mass is 1510 g/mol. The first-order valence-corrected chi connectivity index (χ1v) is 46.8. The molecule has 5 atom stereocenters. The molecule has 0 aromatic rings. The molecule has 0 bridgehead atoms. The van der Waals surface area contributed by atoms with Gasteiger partial charge in [-0.1, -0.05) is 407 Å². The summed E-state index contributed by atoms with van der Waals surface area (Å²) in [5.41, 5.74) is 0. The van der Waals surface area contributed by atoms with Gasteiger partial charge in [0, 0.05) is 25.7 Å². The number of phosphoric acid groups is 2. The maximum absolute atomic E-state index is 13.1. The van der Waals surface area contributed by atoms with Gasteiger partial charge < -0.3 is 33.8 Å². The Labute approximate surface area is 632 Å². The largest absolute Gasteiger partial charge is 0.472 e. The first-order chi connectivity index (χ1) is 50.2. The molecule has 3 unspecified atom stereocenters. The van der Waals surface area contributed by atoms with E-state index >= 15 is 0 Å². The number of rotatable bonds is 85. The first kappa shape index (κ1) is 101. The number of aliphatic hydroxyl groups excluding tert-OH is 1. The molecule has 0 rings (SSSR count). The van der Waals surface area contributed by atoms with E-state index in [1.807, 2.05) is 0 Å². The quantitative estimate of drug-likeness (QED) is 0.0222. The van der Waals surface area contributed by atoms with Gasteiger partial charge in [-0.2, -0.15) is 0 Å². The molecule has 103 heavy (non-hydrogen) atoms. The summed E-state index contributed by atoms with van der Waals surface area (Å²) < 4.78 is 68.9. The van der Waals surface area contributed by atoms with E-state index in [9.17, 15) is 43.2 Å². The van der Waals surface area contributed by atoms with Crippen molar-refractivity contribution in [1.29, 1.82) is 0 Å². The molecule has 0 saturated heterocycles. The summed E-state index contributed by atoms with van der Waals surface area (Å²) in [6.45, 7) is 5.06. The van der Waals surface area contributed by atoms with Gasteiger partial charge in [-0.15, -0.1) is 0 Å². The predicted molar refractivity (Wildman–Crippen MR) is 423 cm³/mol. The van der Waals surface area contributed by atoms with Crippen molar-refractivity contribution in [3.05, 3.63) is 0 Å². The van der Waals surface area contributed by atoms with Crippen LogP contribution in [-0.2, 0) is 65.4 Å². The van der Waals surface area contributed by atoms with Crippen LogP contribution in [0, 0.1) is 0 Å². The summed E-state index contributed by atoms with van der Waals surface area (Å²) >= 11 is 0. The van der Waals surface area contributed by atoms with Crippen LogP contribution >= 0.6 is 15.6 Å². The molecular formula is C84H164O17P2. The van der Waals surface area contributed by atoms with E-state index < -0.39 is 97.5 Å². The lowest BCUT2D eigenvalue weighted by Crippen LogP contribution is -2.30. The number of aliphatic hydroxyl groups is 1. The molecule has 0 aromatic carbocycles. The maximum Gasteiger partial charge on any atom is 0.472 e. The number of hydrogen-bond donors (Lipinski definition) is 3. The van der Waals surface area contributed by atoms with E-state index in [4.69, 9.17) is 37.0 Å². The highest BCUT2D eigenvalue weighted by molar-refractivity contribution is 7.47. The fraction of sp³-hybridized carbons (Fsp3) is 0.952. The lowest BCUT2D eigenvalue weighted by molar-refractivity contribution is -0.161. The van der Waals surface area contributed by atoms with E-state index in [0.717, 1.165) is 89.9 Å². The molecule has 0 saturated carbocycles. The molecule has 0 heterocycles. The van der Waals surface area contributed by atoms with Gasteiger partial charge in [0.25, 0.3) is 0 Å². The van der Waals surface area contributed by atoms with Crippen molar-refractivity contribution in [3.8, 4) is 0 Å².